The second-order valence-corrected chi connectivity index (χ2v) is 5.94. The summed E-state index contributed by atoms with van der Waals surface area (Å²) in [5.41, 5.74) is 3.58. The number of carbonyl (C=O) groups is 1. The van der Waals surface area contributed by atoms with Gasteiger partial charge in [0.05, 0.1) is 23.3 Å². The molecule has 2 heterocycles. The first-order valence-corrected chi connectivity index (χ1v) is 8.24. The minimum absolute atomic E-state index is 0.108. The number of imidazole rings is 1. The largest absolute Gasteiger partial charge is 0.388 e. The molecule has 6 heteroatoms. The zero-order valence-electron chi connectivity index (χ0n) is 13.7. The number of benzene rings is 2. The molecule has 1 aliphatic rings. The zero-order chi connectivity index (χ0) is 17.2. The highest BCUT2D eigenvalue weighted by Crippen LogP contribution is 2.18. The van der Waals surface area contributed by atoms with E-state index in [1.54, 1.807) is 4.57 Å². The van der Waals surface area contributed by atoms with Gasteiger partial charge in [0.15, 0.2) is 0 Å². The molecule has 25 heavy (non-hydrogen) atoms. The number of aliphatic hydroxyl groups excluding tert-OH is 1. The van der Waals surface area contributed by atoms with Gasteiger partial charge in [-0.15, -0.1) is 0 Å². The number of amides is 1. The van der Waals surface area contributed by atoms with Crippen LogP contribution in [0.5, 0.6) is 0 Å². The molecular formula is C19H18N4O2. The van der Waals surface area contributed by atoms with Crippen LogP contribution in [0, 0.1) is 0 Å². The highest BCUT2D eigenvalue weighted by atomic mass is 16.3. The second-order valence-electron chi connectivity index (χ2n) is 5.94. The molecule has 0 radical (unpaired) electrons. The Morgan fingerprint density at radius 2 is 1.84 bits per heavy atom. The first kappa shape index (κ1) is 15.5. The molecule has 0 atom stereocenters. The van der Waals surface area contributed by atoms with Crippen LogP contribution in [0.4, 0.5) is 0 Å². The molecule has 1 amide bonds. The van der Waals surface area contributed by atoms with E-state index in [0.717, 1.165) is 28.7 Å². The quantitative estimate of drug-likeness (QED) is 0.795. The minimum Gasteiger partial charge on any atom is -0.388 e. The highest BCUT2D eigenvalue weighted by molar-refractivity contribution is 6.02. The van der Waals surface area contributed by atoms with Crippen LogP contribution in [0.25, 0.3) is 11.0 Å². The highest BCUT2D eigenvalue weighted by Gasteiger charge is 2.23. The van der Waals surface area contributed by atoms with E-state index in [4.69, 9.17) is 0 Å². The summed E-state index contributed by atoms with van der Waals surface area (Å²) in [4.78, 5) is 17.1. The molecule has 0 unspecified atom stereocenters. The molecule has 0 saturated heterocycles. The summed E-state index contributed by atoms with van der Waals surface area (Å²) in [5, 5.41) is 15.5. The van der Waals surface area contributed by atoms with Crippen LogP contribution in [0.1, 0.15) is 17.8 Å². The van der Waals surface area contributed by atoms with E-state index in [0.29, 0.717) is 12.4 Å². The number of fused-ring (bicyclic) bond motifs is 1. The topological polar surface area (TPSA) is 70.7 Å². The van der Waals surface area contributed by atoms with Gasteiger partial charge < -0.3 is 9.67 Å². The molecule has 6 nitrogen and oxygen atoms in total. The maximum absolute atomic E-state index is 12.7. The van der Waals surface area contributed by atoms with Gasteiger partial charge >= 0.3 is 0 Å². The van der Waals surface area contributed by atoms with E-state index in [-0.39, 0.29) is 19.1 Å². The Morgan fingerprint density at radius 1 is 1.08 bits per heavy atom. The van der Waals surface area contributed by atoms with Crippen LogP contribution < -0.4 is 0 Å². The predicted molar refractivity (Wildman–Crippen MR) is 95.0 cm³/mol. The molecule has 0 bridgehead atoms. The summed E-state index contributed by atoms with van der Waals surface area (Å²) < 4.78 is 1.76. The van der Waals surface area contributed by atoms with Crippen molar-refractivity contribution in [1.29, 1.82) is 0 Å². The SMILES string of the molecule is O=C(Cn1c(CO)nc2ccccc21)N1CCC(c2ccccc2)=N1. The molecule has 3 aromatic rings. The number of para-hydroxylation sites is 2. The van der Waals surface area contributed by atoms with Gasteiger partial charge in [0.2, 0.25) is 0 Å². The van der Waals surface area contributed by atoms with E-state index in [1.807, 2.05) is 54.6 Å². The number of carbonyl (C=O) groups excluding carboxylic acids is 1. The standard InChI is InChI=1S/C19H18N4O2/c24-13-18-20-16-8-4-5-9-17(16)22(18)12-19(25)23-11-10-15(21-23)14-6-2-1-3-7-14/h1-9,24H,10-13H2. The van der Waals surface area contributed by atoms with Crippen molar-refractivity contribution >= 4 is 22.7 Å². The Bertz CT molecular complexity index is 946. The van der Waals surface area contributed by atoms with Crippen LogP contribution in [0.3, 0.4) is 0 Å². The average molecular weight is 334 g/mol. The van der Waals surface area contributed by atoms with Crippen LogP contribution in [-0.2, 0) is 17.9 Å². The summed E-state index contributed by atoms with van der Waals surface area (Å²) >= 11 is 0. The van der Waals surface area contributed by atoms with E-state index < -0.39 is 0 Å². The van der Waals surface area contributed by atoms with Gasteiger partial charge in [-0.1, -0.05) is 42.5 Å². The van der Waals surface area contributed by atoms with Gasteiger partial charge in [-0.05, 0) is 17.7 Å². The molecule has 1 N–H and O–H groups in total. The average Bonchev–Trinajstić information content (AvgIpc) is 3.28. The van der Waals surface area contributed by atoms with Gasteiger partial charge in [0.1, 0.15) is 19.0 Å². The Labute approximate surface area is 145 Å². The van der Waals surface area contributed by atoms with Crippen molar-refractivity contribution in [3.63, 3.8) is 0 Å². The Morgan fingerprint density at radius 3 is 2.64 bits per heavy atom. The third-order valence-corrected chi connectivity index (χ3v) is 4.37. The normalized spacial score (nSPS) is 14.1. The summed E-state index contributed by atoms with van der Waals surface area (Å²) in [6.07, 6.45) is 0.743. The summed E-state index contributed by atoms with van der Waals surface area (Å²) in [5.74, 6) is 0.379. The first-order valence-electron chi connectivity index (χ1n) is 8.24. The first-order chi connectivity index (χ1) is 12.3. The molecule has 1 aromatic heterocycles. The fraction of sp³-hybridized carbons (Fsp3) is 0.211. The van der Waals surface area contributed by atoms with Gasteiger partial charge in [-0.2, -0.15) is 5.10 Å². The number of rotatable bonds is 4. The molecule has 1 aliphatic heterocycles. The van der Waals surface area contributed by atoms with E-state index in [2.05, 4.69) is 10.1 Å². The second kappa shape index (κ2) is 6.49. The van der Waals surface area contributed by atoms with Crippen molar-refractivity contribution < 1.29 is 9.90 Å². The van der Waals surface area contributed by atoms with E-state index in [9.17, 15) is 9.90 Å². The summed E-state index contributed by atoms with van der Waals surface area (Å²) in [7, 11) is 0. The third kappa shape index (κ3) is 2.92. The number of hydrazone groups is 1. The van der Waals surface area contributed by atoms with E-state index >= 15 is 0 Å². The van der Waals surface area contributed by atoms with Crippen LogP contribution in [0.2, 0.25) is 0 Å². The summed E-state index contributed by atoms with van der Waals surface area (Å²) in [6.45, 7) is 0.479. The number of nitrogens with zero attached hydrogens (tertiary/aromatic N) is 4. The summed E-state index contributed by atoms with van der Waals surface area (Å²) in [6, 6.07) is 17.4. The molecule has 126 valence electrons. The Hall–Kier alpha value is -2.99. The maximum Gasteiger partial charge on any atom is 0.262 e. The van der Waals surface area contributed by atoms with Crippen molar-refractivity contribution in [2.24, 2.45) is 5.10 Å². The molecule has 4 rings (SSSR count). The lowest BCUT2D eigenvalue weighted by Crippen LogP contribution is -2.28. The monoisotopic (exact) mass is 334 g/mol. The number of hydrogen-bond acceptors (Lipinski definition) is 4. The predicted octanol–water partition coefficient (Wildman–Crippen LogP) is 2.17. The van der Waals surface area contributed by atoms with Crippen molar-refractivity contribution in [2.75, 3.05) is 6.54 Å². The number of aliphatic hydroxyl groups is 1. The van der Waals surface area contributed by atoms with Crippen LogP contribution in [-0.4, -0.2) is 37.8 Å². The lowest BCUT2D eigenvalue weighted by atomic mass is 10.1. The minimum atomic E-state index is -0.208. The fourth-order valence-corrected chi connectivity index (χ4v) is 3.11. The van der Waals surface area contributed by atoms with Crippen molar-refractivity contribution in [3.8, 4) is 0 Å². The van der Waals surface area contributed by atoms with Crippen LogP contribution in [0.15, 0.2) is 59.7 Å². The Kier molecular flexibility index (Phi) is 4.03. The van der Waals surface area contributed by atoms with Gasteiger partial charge in [0, 0.05) is 6.42 Å². The lowest BCUT2D eigenvalue weighted by molar-refractivity contribution is -0.131. The number of hydrogen-bond donors (Lipinski definition) is 1. The molecule has 0 saturated carbocycles. The zero-order valence-corrected chi connectivity index (χ0v) is 13.7. The van der Waals surface area contributed by atoms with Crippen molar-refractivity contribution in [2.45, 2.75) is 19.6 Å². The number of aromatic nitrogens is 2. The van der Waals surface area contributed by atoms with Crippen molar-refractivity contribution in [3.05, 3.63) is 66.0 Å². The lowest BCUT2D eigenvalue weighted by Gasteiger charge is -2.13. The van der Waals surface area contributed by atoms with Gasteiger partial charge in [0.25, 0.3) is 5.91 Å². The molecule has 0 aliphatic carbocycles. The molecule has 0 fully saturated rings. The maximum atomic E-state index is 12.7. The third-order valence-electron chi connectivity index (χ3n) is 4.37. The fourth-order valence-electron chi connectivity index (χ4n) is 3.11. The smallest absolute Gasteiger partial charge is 0.262 e. The molecule has 2 aromatic carbocycles. The van der Waals surface area contributed by atoms with Crippen molar-refractivity contribution in [1.82, 2.24) is 14.6 Å². The Balaban J connectivity index is 1.58. The van der Waals surface area contributed by atoms with Gasteiger partial charge in [-0.3, -0.25) is 4.79 Å². The molecular weight excluding hydrogens is 316 g/mol. The van der Waals surface area contributed by atoms with E-state index in [1.165, 1.54) is 5.01 Å². The van der Waals surface area contributed by atoms with Crippen LogP contribution >= 0.6 is 0 Å². The van der Waals surface area contributed by atoms with Gasteiger partial charge in [-0.25, -0.2) is 9.99 Å². The molecule has 0 spiro atoms.